The fourth-order valence-corrected chi connectivity index (χ4v) is 3.01. The van der Waals surface area contributed by atoms with Crippen LogP contribution in [0.15, 0.2) is 55.2 Å². The SMILES string of the molecule is CC(C)CNC(=O)c1cnc(NCCCn2ccnc2)nc1NCCc1ccccc1. The number of imidazole rings is 1. The van der Waals surface area contributed by atoms with Crippen molar-refractivity contribution in [1.29, 1.82) is 0 Å². The Hall–Kier alpha value is -3.42. The van der Waals surface area contributed by atoms with Crippen LogP contribution in [0.1, 0.15) is 36.2 Å². The molecule has 0 saturated heterocycles. The molecule has 0 radical (unpaired) electrons. The maximum absolute atomic E-state index is 12.6. The molecule has 3 rings (SSSR count). The zero-order valence-corrected chi connectivity index (χ0v) is 18.2. The van der Waals surface area contributed by atoms with E-state index >= 15 is 0 Å². The first kappa shape index (κ1) is 22.3. The van der Waals surface area contributed by atoms with Crippen LogP contribution in [0.2, 0.25) is 0 Å². The first-order valence-electron chi connectivity index (χ1n) is 10.7. The molecule has 31 heavy (non-hydrogen) atoms. The lowest BCUT2D eigenvalue weighted by molar-refractivity contribution is 0.0949. The molecule has 0 aliphatic heterocycles. The molecule has 0 saturated carbocycles. The lowest BCUT2D eigenvalue weighted by Gasteiger charge is -2.14. The fraction of sp³-hybridized carbons (Fsp3) is 0.391. The Morgan fingerprint density at radius 2 is 1.97 bits per heavy atom. The molecule has 1 aromatic carbocycles. The van der Waals surface area contributed by atoms with E-state index in [0.717, 1.165) is 25.9 Å². The second kappa shape index (κ2) is 11.7. The largest absolute Gasteiger partial charge is 0.369 e. The van der Waals surface area contributed by atoms with Gasteiger partial charge in [0.2, 0.25) is 5.95 Å². The van der Waals surface area contributed by atoms with Crippen LogP contribution >= 0.6 is 0 Å². The molecule has 3 N–H and O–H groups in total. The predicted octanol–water partition coefficient (Wildman–Crippen LogP) is 3.22. The van der Waals surface area contributed by atoms with Gasteiger partial charge in [0, 0.05) is 44.8 Å². The first-order valence-corrected chi connectivity index (χ1v) is 10.7. The third-order valence-corrected chi connectivity index (χ3v) is 4.69. The highest BCUT2D eigenvalue weighted by Crippen LogP contribution is 2.15. The van der Waals surface area contributed by atoms with E-state index in [2.05, 4.69) is 56.9 Å². The molecule has 0 bridgehead atoms. The molecule has 2 aromatic heterocycles. The minimum absolute atomic E-state index is 0.164. The van der Waals surface area contributed by atoms with Crippen LogP contribution in [0, 0.1) is 5.92 Å². The monoisotopic (exact) mass is 421 g/mol. The van der Waals surface area contributed by atoms with Crippen LogP contribution in [0.5, 0.6) is 0 Å². The number of carbonyl (C=O) groups is 1. The number of hydrogen-bond acceptors (Lipinski definition) is 6. The standard InChI is InChI=1S/C23H31N7O/c1-18(2)15-27-22(31)20-16-28-23(26-10-6-13-30-14-12-24-17-30)29-21(20)25-11-9-19-7-4-3-5-8-19/h3-5,7-8,12,14,16-18H,6,9-11,13,15H2,1-2H3,(H,27,31)(H2,25,26,28,29). The Kier molecular flexibility index (Phi) is 8.39. The van der Waals surface area contributed by atoms with Gasteiger partial charge in [-0.25, -0.2) is 9.97 Å². The van der Waals surface area contributed by atoms with Gasteiger partial charge in [-0.05, 0) is 24.3 Å². The molecule has 0 unspecified atom stereocenters. The number of nitrogens with one attached hydrogen (secondary N) is 3. The van der Waals surface area contributed by atoms with Gasteiger partial charge in [0.25, 0.3) is 5.91 Å². The predicted molar refractivity (Wildman–Crippen MR) is 123 cm³/mol. The van der Waals surface area contributed by atoms with Gasteiger partial charge in [0.05, 0.1) is 6.33 Å². The minimum Gasteiger partial charge on any atom is -0.369 e. The van der Waals surface area contributed by atoms with E-state index in [9.17, 15) is 4.79 Å². The quantitative estimate of drug-likeness (QED) is 0.389. The average Bonchev–Trinajstić information content (AvgIpc) is 3.29. The molecular formula is C23H31N7O. The maximum Gasteiger partial charge on any atom is 0.256 e. The lowest BCUT2D eigenvalue weighted by Crippen LogP contribution is -2.29. The Bertz CT molecular complexity index is 926. The van der Waals surface area contributed by atoms with Crippen molar-refractivity contribution in [1.82, 2.24) is 24.8 Å². The molecule has 0 aliphatic rings. The molecule has 0 fully saturated rings. The van der Waals surface area contributed by atoms with E-state index < -0.39 is 0 Å². The molecule has 2 heterocycles. The summed E-state index contributed by atoms with van der Waals surface area (Å²) >= 11 is 0. The van der Waals surface area contributed by atoms with Crippen LogP contribution in [0.3, 0.4) is 0 Å². The van der Waals surface area contributed by atoms with Crippen molar-refractivity contribution >= 4 is 17.7 Å². The third kappa shape index (κ3) is 7.40. The van der Waals surface area contributed by atoms with E-state index in [0.29, 0.717) is 36.3 Å². The number of nitrogens with zero attached hydrogens (tertiary/aromatic N) is 4. The zero-order valence-electron chi connectivity index (χ0n) is 18.2. The molecule has 8 heteroatoms. The molecule has 8 nitrogen and oxygen atoms in total. The topological polar surface area (TPSA) is 96.8 Å². The van der Waals surface area contributed by atoms with Gasteiger partial charge in [-0.2, -0.15) is 4.98 Å². The third-order valence-electron chi connectivity index (χ3n) is 4.69. The van der Waals surface area contributed by atoms with Crippen LogP contribution < -0.4 is 16.0 Å². The highest BCUT2D eigenvalue weighted by Gasteiger charge is 2.15. The minimum atomic E-state index is -0.164. The highest BCUT2D eigenvalue weighted by molar-refractivity contribution is 5.98. The molecule has 0 spiro atoms. The Labute approximate surface area is 183 Å². The molecule has 1 amide bonds. The maximum atomic E-state index is 12.6. The normalized spacial score (nSPS) is 10.8. The smallest absolute Gasteiger partial charge is 0.256 e. The van der Waals surface area contributed by atoms with Gasteiger partial charge in [0.1, 0.15) is 11.4 Å². The van der Waals surface area contributed by atoms with Gasteiger partial charge in [-0.3, -0.25) is 4.79 Å². The molecular weight excluding hydrogens is 390 g/mol. The average molecular weight is 422 g/mol. The zero-order chi connectivity index (χ0) is 21.9. The van der Waals surface area contributed by atoms with Crippen LogP contribution in [-0.2, 0) is 13.0 Å². The van der Waals surface area contributed by atoms with Crippen LogP contribution in [0.25, 0.3) is 0 Å². The number of amides is 1. The summed E-state index contributed by atoms with van der Waals surface area (Å²) in [5.41, 5.74) is 1.69. The van der Waals surface area contributed by atoms with Gasteiger partial charge in [0.15, 0.2) is 0 Å². The Morgan fingerprint density at radius 3 is 2.71 bits per heavy atom. The number of aromatic nitrogens is 4. The summed E-state index contributed by atoms with van der Waals surface area (Å²) in [6.07, 6.45) is 8.85. The van der Waals surface area contributed by atoms with E-state index in [1.54, 1.807) is 18.7 Å². The fourth-order valence-electron chi connectivity index (χ4n) is 3.01. The van der Waals surface area contributed by atoms with Crippen molar-refractivity contribution < 1.29 is 4.79 Å². The molecule has 3 aromatic rings. The molecule has 164 valence electrons. The van der Waals surface area contributed by atoms with Crippen molar-refractivity contribution in [3.05, 3.63) is 66.4 Å². The summed E-state index contributed by atoms with van der Waals surface area (Å²) < 4.78 is 2.03. The van der Waals surface area contributed by atoms with E-state index in [4.69, 9.17) is 0 Å². The molecule has 0 atom stereocenters. The van der Waals surface area contributed by atoms with Crippen molar-refractivity contribution in [2.45, 2.75) is 33.2 Å². The summed E-state index contributed by atoms with van der Waals surface area (Å²) in [6.45, 7) is 6.99. The van der Waals surface area contributed by atoms with Crippen molar-refractivity contribution in [3.8, 4) is 0 Å². The van der Waals surface area contributed by atoms with Crippen molar-refractivity contribution in [2.24, 2.45) is 5.92 Å². The summed E-state index contributed by atoms with van der Waals surface area (Å²) in [5.74, 6) is 1.26. The van der Waals surface area contributed by atoms with Gasteiger partial charge in [-0.15, -0.1) is 0 Å². The summed E-state index contributed by atoms with van der Waals surface area (Å²) in [5, 5.41) is 9.51. The summed E-state index contributed by atoms with van der Waals surface area (Å²) in [7, 11) is 0. The number of aryl methyl sites for hydroxylation is 1. The number of hydrogen-bond donors (Lipinski definition) is 3. The number of anilines is 2. The second-order valence-electron chi connectivity index (χ2n) is 7.80. The second-order valence-corrected chi connectivity index (χ2v) is 7.80. The first-order chi connectivity index (χ1) is 15.1. The van der Waals surface area contributed by atoms with E-state index in [1.165, 1.54) is 5.56 Å². The van der Waals surface area contributed by atoms with Gasteiger partial charge < -0.3 is 20.5 Å². The van der Waals surface area contributed by atoms with Crippen LogP contribution in [0.4, 0.5) is 11.8 Å². The van der Waals surface area contributed by atoms with Crippen LogP contribution in [-0.4, -0.2) is 45.1 Å². The van der Waals surface area contributed by atoms with Crippen molar-refractivity contribution in [3.63, 3.8) is 0 Å². The molecule has 0 aliphatic carbocycles. The number of carbonyl (C=O) groups excluding carboxylic acids is 1. The van der Waals surface area contributed by atoms with Gasteiger partial charge in [-0.1, -0.05) is 44.2 Å². The van der Waals surface area contributed by atoms with Crippen molar-refractivity contribution in [2.75, 3.05) is 30.3 Å². The highest BCUT2D eigenvalue weighted by atomic mass is 16.1. The number of benzene rings is 1. The Balaban J connectivity index is 1.61. The summed E-state index contributed by atoms with van der Waals surface area (Å²) in [4.78, 5) is 25.6. The van der Waals surface area contributed by atoms with E-state index in [-0.39, 0.29) is 5.91 Å². The Morgan fingerprint density at radius 1 is 1.13 bits per heavy atom. The summed E-state index contributed by atoms with van der Waals surface area (Å²) in [6, 6.07) is 10.2. The van der Waals surface area contributed by atoms with E-state index in [1.807, 2.05) is 29.0 Å². The number of rotatable bonds is 12. The van der Waals surface area contributed by atoms with Gasteiger partial charge >= 0.3 is 0 Å². The lowest BCUT2D eigenvalue weighted by atomic mass is 10.1.